The average molecular weight is 383 g/mol. The third kappa shape index (κ3) is 3.37. The van der Waals surface area contributed by atoms with E-state index in [4.69, 9.17) is 11.6 Å². The summed E-state index contributed by atoms with van der Waals surface area (Å²) in [7, 11) is 0. The molecule has 2 N–H and O–H groups in total. The lowest BCUT2D eigenvalue weighted by Gasteiger charge is -2.10. The van der Waals surface area contributed by atoms with Crippen LogP contribution in [0.25, 0.3) is 16.9 Å². The number of benzene rings is 2. The van der Waals surface area contributed by atoms with Crippen molar-refractivity contribution in [3.8, 4) is 22.7 Å². The first-order chi connectivity index (χ1) is 13.0. The summed E-state index contributed by atoms with van der Waals surface area (Å²) in [4.78, 5) is 25.5. The second-order valence-corrected chi connectivity index (χ2v) is 6.55. The van der Waals surface area contributed by atoms with E-state index < -0.39 is 0 Å². The number of carbonyl (C=O) groups is 2. The molecular formula is C19H15ClN4O3. The van der Waals surface area contributed by atoms with Gasteiger partial charge in [-0.05, 0) is 36.4 Å². The number of phenolic OH excluding ortho intramolecular Hbond substituents is 1. The van der Waals surface area contributed by atoms with Gasteiger partial charge in [0.2, 0.25) is 5.91 Å². The number of nitrogens with one attached hydrogen (secondary N) is 1. The summed E-state index contributed by atoms with van der Waals surface area (Å²) in [5.41, 5.74) is 2.19. The van der Waals surface area contributed by atoms with Crippen molar-refractivity contribution in [1.82, 2.24) is 20.0 Å². The normalized spacial score (nSPS) is 13.7. The van der Waals surface area contributed by atoms with Crippen molar-refractivity contribution in [1.29, 1.82) is 0 Å². The molecule has 1 saturated heterocycles. The molecule has 0 saturated carbocycles. The van der Waals surface area contributed by atoms with Gasteiger partial charge in [-0.25, -0.2) is 4.68 Å². The van der Waals surface area contributed by atoms with Gasteiger partial charge in [0.15, 0.2) is 5.69 Å². The van der Waals surface area contributed by atoms with Crippen molar-refractivity contribution in [2.24, 2.45) is 0 Å². The Morgan fingerprint density at radius 1 is 1.15 bits per heavy atom. The number of rotatable bonds is 3. The van der Waals surface area contributed by atoms with E-state index in [1.807, 2.05) is 12.1 Å². The average Bonchev–Trinajstić information content (AvgIpc) is 3.28. The van der Waals surface area contributed by atoms with Crippen LogP contribution in [0.5, 0.6) is 5.75 Å². The summed E-state index contributed by atoms with van der Waals surface area (Å²) in [5.74, 6) is -0.449. The Labute approximate surface area is 159 Å². The van der Waals surface area contributed by atoms with Crippen molar-refractivity contribution < 1.29 is 14.7 Å². The van der Waals surface area contributed by atoms with Crippen LogP contribution >= 0.6 is 11.6 Å². The third-order valence-electron chi connectivity index (χ3n) is 4.21. The monoisotopic (exact) mass is 382 g/mol. The molecule has 8 heteroatoms. The topological polar surface area (TPSA) is 87.5 Å². The minimum absolute atomic E-state index is 0.00428. The highest BCUT2D eigenvalue weighted by molar-refractivity contribution is 6.30. The van der Waals surface area contributed by atoms with Gasteiger partial charge >= 0.3 is 0 Å². The molecule has 2 amide bonds. The molecule has 0 aliphatic carbocycles. The van der Waals surface area contributed by atoms with Gasteiger partial charge in [-0.3, -0.25) is 9.59 Å². The van der Waals surface area contributed by atoms with Crippen molar-refractivity contribution >= 4 is 23.4 Å². The lowest BCUT2D eigenvalue weighted by molar-refractivity contribution is -0.118. The van der Waals surface area contributed by atoms with Crippen LogP contribution in [0.15, 0.2) is 54.6 Å². The molecule has 0 radical (unpaired) electrons. The number of phenols is 1. The Morgan fingerprint density at radius 3 is 2.67 bits per heavy atom. The van der Waals surface area contributed by atoms with Crippen LogP contribution < -0.4 is 5.32 Å². The summed E-state index contributed by atoms with van der Waals surface area (Å²) in [6.45, 7) is 0.160. The van der Waals surface area contributed by atoms with E-state index in [2.05, 4.69) is 10.4 Å². The predicted molar refractivity (Wildman–Crippen MR) is 99.7 cm³/mol. The van der Waals surface area contributed by atoms with Crippen LogP contribution in [0.4, 0.5) is 0 Å². The first-order valence-corrected chi connectivity index (χ1v) is 8.60. The maximum absolute atomic E-state index is 12.7. The number of carbonyl (C=O) groups excluding carboxylic acids is 2. The van der Waals surface area contributed by atoms with Crippen molar-refractivity contribution in [3.05, 3.63) is 65.3 Å². The standard InChI is InChI=1S/C19H15ClN4O3/c20-13-4-2-5-14(8-13)24-17(12-3-1-6-15(25)7-12)9-16(22-24)19(27)23-10-18(26)21-11-23/h1-9,25H,10-11H2,(H,21,26). The smallest absolute Gasteiger partial charge is 0.276 e. The molecular weight excluding hydrogens is 368 g/mol. The summed E-state index contributed by atoms with van der Waals surface area (Å²) in [5, 5.41) is 17.4. The van der Waals surface area contributed by atoms with Crippen LogP contribution in [0.2, 0.25) is 5.02 Å². The minimum atomic E-state index is -0.351. The molecule has 0 spiro atoms. The van der Waals surface area contributed by atoms with Crippen molar-refractivity contribution in [3.63, 3.8) is 0 Å². The molecule has 0 atom stereocenters. The van der Waals surface area contributed by atoms with E-state index in [0.29, 0.717) is 22.0 Å². The zero-order chi connectivity index (χ0) is 19.0. The van der Waals surface area contributed by atoms with Crippen molar-refractivity contribution in [2.45, 2.75) is 0 Å². The van der Waals surface area contributed by atoms with Crippen LogP contribution in [0.1, 0.15) is 10.5 Å². The summed E-state index contributed by atoms with van der Waals surface area (Å²) < 4.78 is 1.60. The summed E-state index contributed by atoms with van der Waals surface area (Å²) in [6, 6.07) is 15.4. The molecule has 0 bridgehead atoms. The molecule has 0 unspecified atom stereocenters. The molecule has 2 heterocycles. The number of amides is 2. The van der Waals surface area contributed by atoms with E-state index in [0.717, 1.165) is 0 Å². The molecule has 3 aromatic rings. The second-order valence-electron chi connectivity index (χ2n) is 6.12. The van der Waals surface area contributed by atoms with E-state index in [1.54, 1.807) is 47.1 Å². The molecule has 1 aromatic heterocycles. The Balaban J connectivity index is 1.82. The lowest BCUT2D eigenvalue weighted by Crippen LogP contribution is -2.30. The van der Waals surface area contributed by atoms with Crippen LogP contribution in [-0.4, -0.2) is 44.8 Å². The van der Waals surface area contributed by atoms with Crippen molar-refractivity contribution in [2.75, 3.05) is 13.2 Å². The van der Waals surface area contributed by atoms with Gasteiger partial charge in [0, 0.05) is 10.6 Å². The number of aromatic nitrogens is 2. The van der Waals surface area contributed by atoms with Gasteiger partial charge in [0.05, 0.1) is 18.1 Å². The number of halogens is 1. The number of aromatic hydroxyl groups is 1. The number of hydrogen-bond donors (Lipinski definition) is 2. The fourth-order valence-corrected chi connectivity index (χ4v) is 3.12. The zero-order valence-electron chi connectivity index (χ0n) is 14.1. The second kappa shape index (κ2) is 6.77. The molecule has 2 aromatic carbocycles. The lowest BCUT2D eigenvalue weighted by atomic mass is 10.1. The minimum Gasteiger partial charge on any atom is -0.508 e. The first kappa shape index (κ1) is 17.1. The van der Waals surface area contributed by atoms with Gasteiger partial charge in [-0.2, -0.15) is 5.10 Å². The van der Waals surface area contributed by atoms with E-state index in [-0.39, 0.29) is 36.5 Å². The molecule has 1 aliphatic rings. The van der Waals surface area contributed by atoms with Gasteiger partial charge in [-0.1, -0.05) is 29.8 Å². The Morgan fingerprint density at radius 2 is 1.96 bits per heavy atom. The van der Waals surface area contributed by atoms with E-state index in [9.17, 15) is 14.7 Å². The van der Waals surface area contributed by atoms with Gasteiger partial charge in [0.1, 0.15) is 12.3 Å². The van der Waals surface area contributed by atoms with Gasteiger partial charge < -0.3 is 15.3 Å². The van der Waals surface area contributed by atoms with Gasteiger partial charge in [0.25, 0.3) is 5.91 Å². The fourth-order valence-electron chi connectivity index (χ4n) is 2.94. The maximum Gasteiger partial charge on any atom is 0.276 e. The SMILES string of the molecule is O=C1CN(C(=O)c2cc(-c3cccc(O)c3)n(-c3cccc(Cl)c3)n2)CN1. The summed E-state index contributed by atoms with van der Waals surface area (Å²) in [6.07, 6.45) is 0. The highest BCUT2D eigenvalue weighted by Crippen LogP contribution is 2.28. The molecule has 1 aliphatic heterocycles. The largest absolute Gasteiger partial charge is 0.508 e. The third-order valence-corrected chi connectivity index (χ3v) is 4.45. The van der Waals surface area contributed by atoms with E-state index in [1.165, 1.54) is 4.90 Å². The first-order valence-electron chi connectivity index (χ1n) is 8.22. The Hall–Kier alpha value is -3.32. The molecule has 136 valence electrons. The predicted octanol–water partition coefficient (Wildman–Crippen LogP) is 2.43. The van der Waals surface area contributed by atoms with E-state index >= 15 is 0 Å². The van der Waals surface area contributed by atoms with Crippen LogP contribution in [0.3, 0.4) is 0 Å². The highest BCUT2D eigenvalue weighted by atomic mass is 35.5. The molecule has 4 rings (SSSR count). The summed E-state index contributed by atoms with van der Waals surface area (Å²) >= 11 is 6.11. The quantitative estimate of drug-likeness (QED) is 0.728. The van der Waals surface area contributed by atoms with Crippen LogP contribution in [0, 0.1) is 0 Å². The number of hydrogen-bond acceptors (Lipinski definition) is 4. The molecule has 27 heavy (non-hydrogen) atoms. The maximum atomic E-state index is 12.7. The zero-order valence-corrected chi connectivity index (χ0v) is 14.8. The molecule has 7 nitrogen and oxygen atoms in total. The fraction of sp³-hybridized carbons (Fsp3) is 0.105. The highest BCUT2D eigenvalue weighted by Gasteiger charge is 2.27. The number of nitrogens with zero attached hydrogens (tertiary/aromatic N) is 3. The Bertz CT molecular complexity index is 984. The molecule has 1 fully saturated rings. The van der Waals surface area contributed by atoms with Crippen LogP contribution in [-0.2, 0) is 4.79 Å². The van der Waals surface area contributed by atoms with Gasteiger partial charge in [-0.15, -0.1) is 0 Å². The Kier molecular flexibility index (Phi) is 4.29.